The normalized spacial score (nSPS) is 15.6. The van der Waals surface area contributed by atoms with E-state index in [2.05, 4.69) is 10.2 Å². The molecule has 0 saturated heterocycles. The van der Waals surface area contributed by atoms with Crippen LogP contribution in [0.15, 0.2) is 35.5 Å². The van der Waals surface area contributed by atoms with Gasteiger partial charge in [0.15, 0.2) is 34.4 Å². The number of ether oxygens (including phenoxy) is 2. The molecule has 0 saturated carbocycles. The zero-order chi connectivity index (χ0) is 19.8. The lowest BCUT2D eigenvalue weighted by Gasteiger charge is -2.25. The first-order chi connectivity index (χ1) is 13.5. The van der Waals surface area contributed by atoms with Crippen LogP contribution >= 0.6 is 11.8 Å². The predicted molar refractivity (Wildman–Crippen MR) is 106 cm³/mol. The Balaban J connectivity index is 1.46. The molecule has 2 aromatic heterocycles. The second-order valence-corrected chi connectivity index (χ2v) is 7.76. The summed E-state index contributed by atoms with van der Waals surface area (Å²) in [7, 11) is 3.85. The summed E-state index contributed by atoms with van der Waals surface area (Å²) in [5.74, 6) is 2.50. The molecule has 0 fully saturated rings. The van der Waals surface area contributed by atoms with Crippen LogP contribution in [-0.2, 0) is 14.1 Å². The number of carbonyl (C=O) groups is 1. The van der Waals surface area contributed by atoms with E-state index in [0.29, 0.717) is 29.1 Å². The van der Waals surface area contributed by atoms with Crippen LogP contribution < -0.4 is 9.47 Å². The minimum Gasteiger partial charge on any atom is -0.485 e. The first kappa shape index (κ1) is 18.6. The fraction of sp³-hybridized carbons (Fsp3) is 0.350. The zero-order valence-electron chi connectivity index (χ0n) is 16.3. The summed E-state index contributed by atoms with van der Waals surface area (Å²) in [5.41, 5.74) is 2.81. The van der Waals surface area contributed by atoms with Crippen LogP contribution in [0.1, 0.15) is 33.7 Å². The zero-order valence-corrected chi connectivity index (χ0v) is 17.1. The van der Waals surface area contributed by atoms with Gasteiger partial charge >= 0.3 is 0 Å². The summed E-state index contributed by atoms with van der Waals surface area (Å²) in [6, 6.07) is 9.50. The molecule has 8 heteroatoms. The quantitative estimate of drug-likeness (QED) is 0.485. The SMILES string of the molecule is Cc1cc(C(=O)CSc2nnc(C3COc4ccccc4O3)n2C)c(C)n1C. The van der Waals surface area contributed by atoms with E-state index < -0.39 is 0 Å². The van der Waals surface area contributed by atoms with Gasteiger partial charge in [0, 0.05) is 31.0 Å². The minimum absolute atomic E-state index is 0.0851. The Hall–Kier alpha value is -2.74. The maximum atomic E-state index is 12.6. The molecule has 0 radical (unpaired) electrons. The lowest BCUT2D eigenvalue weighted by Crippen LogP contribution is -2.24. The standard InChI is InChI=1S/C20H22N4O3S/c1-12-9-14(13(2)23(12)3)15(25)11-28-20-22-21-19(24(20)4)18-10-26-16-7-5-6-8-17(16)27-18/h5-9,18H,10-11H2,1-4H3. The molecule has 1 unspecified atom stereocenters. The van der Waals surface area contributed by atoms with E-state index in [-0.39, 0.29) is 11.9 Å². The molecule has 7 nitrogen and oxygen atoms in total. The third-order valence-electron chi connectivity index (χ3n) is 5.07. The summed E-state index contributed by atoms with van der Waals surface area (Å²) >= 11 is 1.38. The van der Waals surface area contributed by atoms with Gasteiger partial charge in [-0.1, -0.05) is 23.9 Å². The smallest absolute Gasteiger partial charge is 0.192 e. The van der Waals surface area contributed by atoms with Crippen molar-refractivity contribution in [2.24, 2.45) is 14.1 Å². The molecule has 1 atom stereocenters. The Morgan fingerprint density at radius 2 is 1.93 bits per heavy atom. The van der Waals surface area contributed by atoms with E-state index in [1.165, 1.54) is 11.8 Å². The third kappa shape index (κ3) is 3.28. The minimum atomic E-state index is -0.337. The number of rotatable bonds is 5. The van der Waals surface area contributed by atoms with Crippen LogP contribution in [0.3, 0.4) is 0 Å². The van der Waals surface area contributed by atoms with Gasteiger partial charge in [0.05, 0.1) is 5.75 Å². The second-order valence-electron chi connectivity index (χ2n) is 6.82. The Bertz CT molecular complexity index is 1040. The van der Waals surface area contributed by atoms with Gasteiger partial charge in [0.1, 0.15) is 6.61 Å². The number of fused-ring (bicyclic) bond motifs is 1. The number of aryl methyl sites for hydroxylation is 1. The summed E-state index contributed by atoms with van der Waals surface area (Å²) < 4.78 is 15.7. The lowest BCUT2D eigenvalue weighted by molar-refractivity contribution is 0.0825. The molecular weight excluding hydrogens is 376 g/mol. The molecule has 3 aromatic rings. The molecule has 4 rings (SSSR count). The van der Waals surface area contributed by atoms with Crippen LogP contribution in [0.4, 0.5) is 0 Å². The lowest BCUT2D eigenvalue weighted by atomic mass is 10.2. The molecule has 0 bridgehead atoms. The maximum Gasteiger partial charge on any atom is 0.192 e. The number of nitrogens with zero attached hydrogens (tertiary/aromatic N) is 4. The Morgan fingerprint density at radius 3 is 2.64 bits per heavy atom. The molecule has 0 N–H and O–H groups in total. The van der Waals surface area contributed by atoms with Gasteiger partial charge in [-0.15, -0.1) is 10.2 Å². The van der Waals surface area contributed by atoms with Crippen LogP contribution in [-0.4, -0.2) is 37.5 Å². The van der Waals surface area contributed by atoms with Gasteiger partial charge in [-0.2, -0.15) is 0 Å². The third-order valence-corrected chi connectivity index (χ3v) is 6.09. The molecule has 3 heterocycles. The summed E-state index contributed by atoms with van der Waals surface area (Å²) in [4.78, 5) is 12.6. The Labute approximate surface area is 167 Å². The first-order valence-corrected chi connectivity index (χ1v) is 10.0. The van der Waals surface area contributed by atoms with Crippen molar-refractivity contribution < 1.29 is 14.3 Å². The van der Waals surface area contributed by atoms with Crippen LogP contribution in [0.5, 0.6) is 11.5 Å². The van der Waals surface area contributed by atoms with E-state index >= 15 is 0 Å². The Kier molecular flexibility index (Phi) is 4.89. The van der Waals surface area contributed by atoms with E-state index in [1.807, 2.05) is 67.4 Å². The molecule has 28 heavy (non-hydrogen) atoms. The first-order valence-electron chi connectivity index (χ1n) is 9.02. The molecule has 1 aromatic carbocycles. The largest absolute Gasteiger partial charge is 0.485 e. The average Bonchev–Trinajstić information content (AvgIpc) is 3.20. The second kappa shape index (κ2) is 7.35. The number of aromatic nitrogens is 4. The number of ketones is 1. The summed E-state index contributed by atoms with van der Waals surface area (Å²) in [6.07, 6.45) is -0.337. The van der Waals surface area contributed by atoms with Crippen molar-refractivity contribution in [1.29, 1.82) is 0 Å². The molecular formula is C20H22N4O3S. The average molecular weight is 398 g/mol. The number of hydrogen-bond donors (Lipinski definition) is 0. The summed E-state index contributed by atoms with van der Waals surface area (Å²) in [5, 5.41) is 9.19. The maximum absolute atomic E-state index is 12.6. The number of para-hydroxylation sites is 2. The number of carbonyl (C=O) groups excluding carboxylic acids is 1. The highest BCUT2D eigenvalue weighted by atomic mass is 32.2. The number of thioether (sulfide) groups is 1. The fourth-order valence-electron chi connectivity index (χ4n) is 3.22. The van der Waals surface area contributed by atoms with Gasteiger partial charge in [0.2, 0.25) is 0 Å². The number of Topliss-reactive ketones (excluding diaryl/α,β-unsaturated/α-hetero) is 1. The van der Waals surface area contributed by atoms with Crippen molar-refractivity contribution in [3.05, 3.63) is 53.1 Å². The monoisotopic (exact) mass is 398 g/mol. The molecule has 0 amide bonds. The van der Waals surface area contributed by atoms with Gasteiger partial charge in [-0.3, -0.25) is 4.79 Å². The summed E-state index contributed by atoms with van der Waals surface area (Å²) in [6.45, 7) is 4.33. The number of hydrogen-bond acceptors (Lipinski definition) is 6. The van der Waals surface area contributed by atoms with Crippen molar-refractivity contribution in [3.63, 3.8) is 0 Å². The van der Waals surface area contributed by atoms with Crippen LogP contribution in [0.2, 0.25) is 0 Å². The molecule has 1 aliphatic heterocycles. The van der Waals surface area contributed by atoms with E-state index in [0.717, 1.165) is 22.7 Å². The number of benzene rings is 1. The van der Waals surface area contributed by atoms with Crippen molar-refractivity contribution >= 4 is 17.5 Å². The van der Waals surface area contributed by atoms with Gasteiger partial charge in [0.25, 0.3) is 0 Å². The van der Waals surface area contributed by atoms with Crippen molar-refractivity contribution in [2.45, 2.75) is 25.1 Å². The van der Waals surface area contributed by atoms with E-state index in [4.69, 9.17) is 9.47 Å². The van der Waals surface area contributed by atoms with Gasteiger partial charge in [-0.25, -0.2) is 0 Å². The van der Waals surface area contributed by atoms with Crippen LogP contribution in [0, 0.1) is 13.8 Å². The van der Waals surface area contributed by atoms with E-state index in [1.54, 1.807) is 0 Å². The van der Waals surface area contributed by atoms with Crippen LogP contribution in [0.25, 0.3) is 0 Å². The molecule has 146 valence electrons. The highest BCUT2D eigenvalue weighted by molar-refractivity contribution is 7.99. The fourth-order valence-corrected chi connectivity index (χ4v) is 4.03. The van der Waals surface area contributed by atoms with Gasteiger partial charge < -0.3 is 18.6 Å². The van der Waals surface area contributed by atoms with E-state index in [9.17, 15) is 4.79 Å². The highest BCUT2D eigenvalue weighted by Gasteiger charge is 2.27. The van der Waals surface area contributed by atoms with Crippen molar-refractivity contribution in [2.75, 3.05) is 12.4 Å². The van der Waals surface area contributed by atoms with Crippen molar-refractivity contribution in [1.82, 2.24) is 19.3 Å². The highest BCUT2D eigenvalue weighted by Crippen LogP contribution is 2.35. The molecule has 0 spiro atoms. The van der Waals surface area contributed by atoms with Crippen molar-refractivity contribution in [3.8, 4) is 11.5 Å². The predicted octanol–water partition coefficient (Wildman–Crippen LogP) is 3.26. The molecule has 0 aliphatic carbocycles. The molecule has 1 aliphatic rings. The topological polar surface area (TPSA) is 71.2 Å². The Morgan fingerprint density at radius 1 is 1.18 bits per heavy atom. The van der Waals surface area contributed by atoms with Gasteiger partial charge in [-0.05, 0) is 32.0 Å².